The van der Waals surface area contributed by atoms with E-state index >= 15 is 0 Å². The number of rotatable bonds is 3. The molecule has 7 heteroatoms. The van der Waals surface area contributed by atoms with E-state index in [4.69, 9.17) is 0 Å². The van der Waals surface area contributed by atoms with Crippen molar-refractivity contribution in [1.82, 2.24) is 25.3 Å². The average Bonchev–Trinajstić information content (AvgIpc) is 3.41. The van der Waals surface area contributed by atoms with Crippen LogP contribution >= 0.6 is 0 Å². The molecule has 1 aliphatic heterocycles. The van der Waals surface area contributed by atoms with Gasteiger partial charge in [-0.1, -0.05) is 24.3 Å². The molecule has 3 heterocycles. The van der Waals surface area contributed by atoms with Crippen molar-refractivity contribution in [3.05, 3.63) is 66.2 Å². The van der Waals surface area contributed by atoms with E-state index in [1.807, 2.05) is 43.5 Å². The number of amides is 2. The van der Waals surface area contributed by atoms with E-state index in [-0.39, 0.29) is 12.1 Å². The Morgan fingerprint density at radius 3 is 2.74 bits per heavy atom. The molecular weight excluding hydrogens is 340 g/mol. The summed E-state index contributed by atoms with van der Waals surface area (Å²) in [6.07, 6.45) is 3.54. The highest BCUT2D eigenvalue weighted by molar-refractivity contribution is 5.97. The summed E-state index contributed by atoms with van der Waals surface area (Å²) in [6.45, 7) is 2.52. The summed E-state index contributed by atoms with van der Waals surface area (Å²) in [5, 5.41) is 2.95. The van der Waals surface area contributed by atoms with Crippen LogP contribution in [0.15, 0.2) is 55.0 Å². The van der Waals surface area contributed by atoms with Crippen molar-refractivity contribution >= 4 is 22.8 Å². The SMILES string of the molecule is Cc1c[nH]c(-c2ccc(C3CNC(=O)N3c3ccc4[nH]cnc4c3)cc2)n1. The molecule has 5 rings (SSSR count). The molecule has 2 aromatic heterocycles. The molecular formula is C20H18N6O. The predicted molar refractivity (Wildman–Crippen MR) is 103 cm³/mol. The maximum absolute atomic E-state index is 12.5. The minimum absolute atomic E-state index is 0.0683. The van der Waals surface area contributed by atoms with E-state index in [0.29, 0.717) is 6.54 Å². The van der Waals surface area contributed by atoms with Crippen molar-refractivity contribution in [3.63, 3.8) is 0 Å². The summed E-state index contributed by atoms with van der Waals surface area (Å²) in [5.41, 5.74) is 5.68. The monoisotopic (exact) mass is 358 g/mol. The van der Waals surface area contributed by atoms with Crippen LogP contribution in [-0.2, 0) is 0 Å². The van der Waals surface area contributed by atoms with Gasteiger partial charge in [-0.25, -0.2) is 14.8 Å². The molecule has 0 radical (unpaired) electrons. The van der Waals surface area contributed by atoms with Crippen LogP contribution in [-0.4, -0.2) is 32.5 Å². The summed E-state index contributed by atoms with van der Waals surface area (Å²) in [7, 11) is 0. The number of nitrogens with one attached hydrogen (secondary N) is 3. The summed E-state index contributed by atoms with van der Waals surface area (Å²) in [4.78, 5) is 29.3. The molecule has 2 aromatic carbocycles. The van der Waals surface area contributed by atoms with Crippen LogP contribution in [0.2, 0.25) is 0 Å². The number of aryl methyl sites for hydroxylation is 1. The highest BCUT2D eigenvalue weighted by Gasteiger charge is 2.33. The third-order valence-electron chi connectivity index (χ3n) is 4.94. The largest absolute Gasteiger partial charge is 0.345 e. The Hall–Kier alpha value is -3.61. The number of aromatic amines is 2. The third-order valence-corrected chi connectivity index (χ3v) is 4.94. The summed E-state index contributed by atoms with van der Waals surface area (Å²) < 4.78 is 0. The van der Waals surface area contributed by atoms with Crippen molar-refractivity contribution < 1.29 is 4.79 Å². The van der Waals surface area contributed by atoms with Gasteiger partial charge in [-0.3, -0.25) is 4.90 Å². The number of carbonyl (C=O) groups excluding carboxylic acids is 1. The smallest absolute Gasteiger partial charge is 0.322 e. The zero-order valence-corrected chi connectivity index (χ0v) is 14.7. The number of nitrogens with zero attached hydrogens (tertiary/aromatic N) is 3. The second-order valence-electron chi connectivity index (χ2n) is 6.69. The van der Waals surface area contributed by atoms with E-state index < -0.39 is 0 Å². The fourth-order valence-electron chi connectivity index (χ4n) is 3.56. The number of aromatic nitrogens is 4. The Bertz CT molecular complexity index is 1130. The van der Waals surface area contributed by atoms with E-state index in [0.717, 1.165) is 39.4 Å². The fourth-order valence-corrected chi connectivity index (χ4v) is 3.56. The quantitative estimate of drug-likeness (QED) is 0.523. The van der Waals surface area contributed by atoms with Gasteiger partial charge in [0.05, 0.1) is 29.1 Å². The number of urea groups is 1. The predicted octanol–water partition coefficient (Wildman–Crippen LogP) is 3.53. The van der Waals surface area contributed by atoms with Gasteiger partial charge in [-0.05, 0) is 30.7 Å². The molecule has 1 aliphatic rings. The van der Waals surface area contributed by atoms with E-state index in [1.54, 1.807) is 11.2 Å². The van der Waals surface area contributed by atoms with Crippen LogP contribution < -0.4 is 10.2 Å². The second kappa shape index (κ2) is 5.98. The van der Waals surface area contributed by atoms with Gasteiger partial charge in [-0.15, -0.1) is 0 Å². The molecule has 134 valence electrons. The number of anilines is 1. The van der Waals surface area contributed by atoms with Gasteiger partial charge in [-0.2, -0.15) is 0 Å². The molecule has 1 saturated heterocycles. The Balaban J connectivity index is 1.48. The maximum atomic E-state index is 12.5. The Morgan fingerprint density at radius 2 is 1.96 bits per heavy atom. The van der Waals surface area contributed by atoms with Gasteiger partial charge in [0.15, 0.2) is 0 Å². The molecule has 1 atom stereocenters. The lowest BCUT2D eigenvalue weighted by molar-refractivity contribution is 0.251. The highest BCUT2D eigenvalue weighted by Crippen LogP contribution is 2.32. The van der Waals surface area contributed by atoms with Crippen LogP contribution in [0, 0.1) is 6.92 Å². The lowest BCUT2D eigenvalue weighted by Crippen LogP contribution is -2.29. The van der Waals surface area contributed by atoms with Crippen molar-refractivity contribution in [2.75, 3.05) is 11.4 Å². The van der Waals surface area contributed by atoms with Crippen molar-refractivity contribution in [1.29, 1.82) is 0 Å². The summed E-state index contributed by atoms with van der Waals surface area (Å²) >= 11 is 0. The van der Waals surface area contributed by atoms with Gasteiger partial charge in [0.25, 0.3) is 0 Å². The minimum atomic E-state index is -0.0966. The Morgan fingerprint density at radius 1 is 1.11 bits per heavy atom. The number of imidazole rings is 2. The fraction of sp³-hybridized carbons (Fsp3) is 0.150. The zero-order chi connectivity index (χ0) is 18.4. The van der Waals surface area contributed by atoms with Crippen molar-refractivity contribution in [2.24, 2.45) is 0 Å². The highest BCUT2D eigenvalue weighted by atomic mass is 16.2. The first-order valence-corrected chi connectivity index (χ1v) is 8.81. The van der Waals surface area contributed by atoms with Crippen LogP contribution in [0.4, 0.5) is 10.5 Å². The minimum Gasteiger partial charge on any atom is -0.345 e. The molecule has 0 aliphatic carbocycles. The molecule has 7 nitrogen and oxygen atoms in total. The molecule has 0 spiro atoms. The number of benzene rings is 2. The van der Waals surface area contributed by atoms with Crippen LogP contribution in [0.25, 0.3) is 22.4 Å². The molecule has 4 aromatic rings. The molecule has 2 amide bonds. The van der Waals surface area contributed by atoms with Crippen molar-refractivity contribution in [3.8, 4) is 11.4 Å². The van der Waals surface area contributed by atoms with E-state index in [2.05, 4.69) is 37.4 Å². The molecule has 27 heavy (non-hydrogen) atoms. The first kappa shape index (κ1) is 15.6. The van der Waals surface area contributed by atoms with Crippen LogP contribution in [0.1, 0.15) is 17.3 Å². The van der Waals surface area contributed by atoms with Gasteiger partial charge >= 0.3 is 6.03 Å². The molecule has 3 N–H and O–H groups in total. The topological polar surface area (TPSA) is 89.7 Å². The number of carbonyl (C=O) groups is 1. The van der Waals surface area contributed by atoms with E-state index in [9.17, 15) is 4.79 Å². The van der Waals surface area contributed by atoms with Crippen molar-refractivity contribution in [2.45, 2.75) is 13.0 Å². The summed E-state index contributed by atoms with van der Waals surface area (Å²) in [5.74, 6) is 0.848. The van der Waals surface area contributed by atoms with Gasteiger partial charge in [0, 0.05) is 24.0 Å². The van der Waals surface area contributed by atoms with E-state index in [1.165, 1.54) is 0 Å². The average molecular weight is 358 g/mol. The standard InChI is InChI=1S/C20H18N6O/c1-12-9-21-19(25-12)14-4-2-13(3-5-14)18-10-22-20(27)26(18)15-6-7-16-17(8-15)24-11-23-16/h2-9,11,18H,10H2,1H3,(H,21,25)(H,22,27)(H,23,24). The number of hydrogen-bond acceptors (Lipinski definition) is 3. The van der Waals surface area contributed by atoms with Gasteiger partial charge < -0.3 is 15.3 Å². The Labute approximate surface area is 155 Å². The van der Waals surface area contributed by atoms with Gasteiger partial charge in [0.2, 0.25) is 0 Å². The molecule has 0 saturated carbocycles. The first-order chi connectivity index (χ1) is 13.2. The lowest BCUT2D eigenvalue weighted by Gasteiger charge is -2.23. The van der Waals surface area contributed by atoms with Crippen LogP contribution in [0.5, 0.6) is 0 Å². The second-order valence-corrected chi connectivity index (χ2v) is 6.69. The van der Waals surface area contributed by atoms with Crippen LogP contribution in [0.3, 0.4) is 0 Å². The maximum Gasteiger partial charge on any atom is 0.322 e. The number of fused-ring (bicyclic) bond motifs is 1. The third kappa shape index (κ3) is 2.64. The Kier molecular flexibility index (Phi) is 3.46. The molecule has 1 unspecified atom stereocenters. The number of H-pyrrole nitrogens is 2. The summed E-state index contributed by atoms with van der Waals surface area (Å²) in [6, 6.07) is 13.8. The first-order valence-electron chi connectivity index (χ1n) is 8.81. The normalized spacial score (nSPS) is 16.9. The zero-order valence-electron chi connectivity index (χ0n) is 14.7. The number of hydrogen-bond donors (Lipinski definition) is 3. The molecule has 0 bridgehead atoms. The molecule has 1 fully saturated rings. The van der Waals surface area contributed by atoms with Gasteiger partial charge in [0.1, 0.15) is 5.82 Å². The lowest BCUT2D eigenvalue weighted by atomic mass is 10.0.